The molecule has 3 rings (SSSR count). The van der Waals surface area contributed by atoms with E-state index in [-0.39, 0.29) is 24.8 Å². The molecule has 0 radical (unpaired) electrons. The minimum absolute atomic E-state index is 0. The number of hydrogen-bond donors (Lipinski definition) is 1. The first-order valence-electron chi connectivity index (χ1n) is 5.07. The Labute approximate surface area is 103 Å². The van der Waals surface area contributed by atoms with Gasteiger partial charge in [-0.1, -0.05) is 0 Å². The van der Waals surface area contributed by atoms with Crippen molar-refractivity contribution in [3.8, 4) is 0 Å². The minimum Gasteiger partial charge on any atom is -0.306 e. The lowest BCUT2D eigenvalue weighted by molar-refractivity contribution is 0.493. The van der Waals surface area contributed by atoms with Crippen molar-refractivity contribution in [2.75, 3.05) is 0 Å². The molecule has 1 atom stereocenters. The third kappa shape index (κ3) is 1.86. The summed E-state index contributed by atoms with van der Waals surface area (Å²) >= 11 is 0. The Morgan fingerprint density at radius 3 is 3.00 bits per heavy atom. The normalized spacial score (nSPS) is 21.3. The van der Waals surface area contributed by atoms with Crippen molar-refractivity contribution in [2.45, 2.75) is 38.8 Å². The summed E-state index contributed by atoms with van der Waals surface area (Å²) in [6.07, 6.45) is 5.80. The number of pyridine rings is 1. The number of nitrogens with zero attached hydrogens (tertiary/aromatic N) is 1. The second-order valence-electron chi connectivity index (χ2n) is 4.11. The fourth-order valence-electron chi connectivity index (χ4n) is 2.60. The van der Waals surface area contributed by atoms with Gasteiger partial charge in [0.05, 0.1) is 0 Å². The molecule has 0 fully saturated rings. The topological polar surface area (TPSA) is 24.9 Å². The van der Waals surface area contributed by atoms with E-state index in [1.807, 2.05) is 6.20 Å². The Morgan fingerprint density at radius 1 is 1.40 bits per heavy atom. The van der Waals surface area contributed by atoms with Crippen LogP contribution < -0.4 is 5.32 Å². The highest BCUT2D eigenvalue weighted by atomic mass is 35.5. The molecule has 84 valence electrons. The van der Waals surface area contributed by atoms with Crippen LogP contribution in [-0.4, -0.2) is 4.98 Å². The summed E-state index contributed by atoms with van der Waals surface area (Å²) in [6, 6.07) is 0.617. The first-order valence-corrected chi connectivity index (χ1v) is 5.07. The summed E-state index contributed by atoms with van der Waals surface area (Å²) in [4.78, 5) is 4.53. The molecule has 2 nitrogen and oxygen atoms in total. The Hall–Kier alpha value is -0.310. The molecular weight excluding hydrogens is 231 g/mol. The van der Waals surface area contributed by atoms with Gasteiger partial charge in [0.2, 0.25) is 0 Å². The van der Waals surface area contributed by atoms with E-state index in [1.165, 1.54) is 41.6 Å². The Morgan fingerprint density at radius 2 is 2.20 bits per heavy atom. The molecule has 1 aromatic heterocycles. The first kappa shape index (κ1) is 12.8. The molecule has 0 saturated carbocycles. The third-order valence-electron chi connectivity index (χ3n) is 3.31. The molecule has 4 heteroatoms. The Bertz CT molecular complexity index is 366. The predicted octanol–water partition coefficient (Wildman–Crippen LogP) is 2.71. The molecular formula is C11H16Cl2N2. The van der Waals surface area contributed by atoms with Gasteiger partial charge >= 0.3 is 0 Å². The maximum atomic E-state index is 4.53. The maximum Gasteiger partial charge on any atom is 0.0454 e. The van der Waals surface area contributed by atoms with Crippen molar-refractivity contribution in [3.05, 3.63) is 28.6 Å². The molecule has 15 heavy (non-hydrogen) atoms. The zero-order valence-corrected chi connectivity index (χ0v) is 10.4. The van der Waals surface area contributed by atoms with Crippen molar-refractivity contribution in [3.63, 3.8) is 0 Å². The minimum atomic E-state index is 0. The van der Waals surface area contributed by atoms with Crippen LogP contribution >= 0.6 is 24.8 Å². The molecule has 0 bridgehead atoms. The van der Waals surface area contributed by atoms with E-state index in [1.54, 1.807) is 0 Å². The smallest absolute Gasteiger partial charge is 0.0454 e. The van der Waals surface area contributed by atoms with Gasteiger partial charge in [-0.15, -0.1) is 24.8 Å². The van der Waals surface area contributed by atoms with Gasteiger partial charge in [-0.05, 0) is 42.9 Å². The highest BCUT2D eigenvalue weighted by molar-refractivity contribution is 5.85. The maximum absolute atomic E-state index is 4.53. The van der Waals surface area contributed by atoms with Gasteiger partial charge in [-0.25, -0.2) is 0 Å². The zero-order chi connectivity index (χ0) is 8.84. The fraction of sp³-hybridized carbons (Fsp3) is 0.545. The van der Waals surface area contributed by atoms with E-state index in [9.17, 15) is 0 Å². The number of aryl methyl sites for hydroxylation is 2. The number of halogens is 2. The Kier molecular flexibility index (Phi) is 3.99. The van der Waals surface area contributed by atoms with Crippen LogP contribution in [-0.2, 0) is 13.0 Å². The van der Waals surface area contributed by atoms with Crippen molar-refractivity contribution in [1.29, 1.82) is 0 Å². The first-order chi connectivity index (χ1) is 6.36. The van der Waals surface area contributed by atoms with Gasteiger partial charge < -0.3 is 5.32 Å². The molecule has 0 aromatic carbocycles. The van der Waals surface area contributed by atoms with Crippen molar-refractivity contribution in [1.82, 2.24) is 10.3 Å². The second kappa shape index (κ2) is 4.69. The van der Waals surface area contributed by atoms with Gasteiger partial charge in [0.1, 0.15) is 0 Å². The second-order valence-corrected chi connectivity index (χ2v) is 4.11. The van der Waals surface area contributed by atoms with Gasteiger partial charge in [-0.2, -0.15) is 0 Å². The lowest BCUT2D eigenvalue weighted by atomic mass is 9.90. The van der Waals surface area contributed by atoms with E-state index in [2.05, 4.69) is 17.2 Å². The molecule has 0 amide bonds. The van der Waals surface area contributed by atoms with Crippen LogP contribution in [0.2, 0.25) is 0 Å². The monoisotopic (exact) mass is 246 g/mol. The van der Waals surface area contributed by atoms with Crippen LogP contribution in [0, 0.1) is 6.92 Å². The van der Waals surface area contributed by atoms with Crippen LogP contribution in [0.3, 0.4) is 0 Å². The van der Waals surface area contributed by atoms with E-state index >= 15 is 0 Å². The van der Waals surface area contributed by atoms with Crippen molar-refractivity contribution in [2.24, 2.45) is 0 Å². The van der Waals surface area contributed by atoms with Crippen LogP contribution in [0.25, 0.3) is 0 Å². The summed E-state index contributed by atoms with van der Waals surface area (Å²) in [5.41, 5.74) is 5.76. The molecule has 2 heterocycles. The van der Waals surface area contributed by atoms with E-state index < -0.39 is 0 Å². The van der Waals surface area contributed by atoms with Crippen LogP contribution in [0.1, 0.15) is 41.3 Å². The summed E-state index contributed by atoms with van der Waals surface area (Å²) in [5, 5.41) is 3.56. The SMILES string of the molecule is Cc1cnc2c3c1CN[C@H]3CCC2.Cl.Cl. The number of rotatable bonds is 0. The average Bonchev–Trinajstić information content (AvgIpc) is 2.57. The predicted molar refractivity (Wildman–Crippen MR) is 66.0 cm³/mol. The standard InChI is InChI=1S/C11H14N2.2ClH/c1-7-5-12-9-3-2-4-10-11(9)8(7)6-13-10;;/h5,10,13H,2-4,6H2,1H3;2*1H/t10-;;/m0../s1. The zero-order valence-electron chi connectivity index (χ0n) is 8.75. The highest BCUT2D eigenvalue weighted by Gasteiger charge is 2.29. The number of hydrogen-bond acceptors (Lipinski definition) is 2. The molecule has 1 aliphatic heterocycles. The summed E-state index contributed by atoms with van der Waals surface area (Å²) in [5.74, 6) is 0. The van der Waals surface area contributed by atoms with Gasteiger partial charge in [0.15, 0.2) is 0 Å². The van der Waals surface area contributed by atoms with E-state index in [0.717, 1.165) is 6.54 Å². The number of aromatic nitrogens is 1. The lowest BCUT2D eigenvalue weighted by Crippen LogP contribution is -2.17. The van der Waals surface area contributed by atoms with Gasteiger partial charge in [0, 0.05) is 24.5 Å². The van der Waals surface area contributed by atoms with Crippen LogP contribution in [0.4, 0.5) is 0 Å². The molecule has 1 aromatic rings. The van der Waals surface area contributed by atoms with Gasteiger partial charge in [-0.3, -0.25) is 4.98 Å². The molecule has 0 spiro atoms. The largest absolute Gasteiger partial charge is 0.306 e. The van der Waals surface area contributed by atoms with Crippen molar-refractivity contribution < 1.29 is 0 Å². The number of nitrogens with one attached hydrogen (secondary N) is 1. The average molecular weight is 247 g/mol. The lowest BCUT2D eigenvalue weighted by Gasteiger charge is -2.20. The van der Waals surface area contributed by atoms with Crippen LogP contribution in [0.15, 0.2) is 6.20 Å². The summed E-state index contributed by atoms with van der Waals surface area (Å²) < 4.78 is 0. The quantitative estimate of drug-likeness (QED) is 0.762. The highest BCUT2D eigenvalue weighted by Crippen LogP contribution is 2.36. The van der Waals surface area contributed by atoms with Crippen LogP contribution in [0.5, 0.6) is 0 Å². The molecule has 1 N–H and O–H groups in total. The van der Waals surface area contributed by atoms with E-state index in [4.69, 9.17) is 0 Å². The van der Waals surface area contributed by atoms with Crippen molar-refractivity contribution >= 4 is 24.8 Å². The fourth-order valence-corrected chi connectivity index (χ4v) is 2.60. The van der Waals surface area contributed by atoms with E-state index in [0.29, 0.717) is 6.04 Å². The van der Waals surface area contributed by atoms with Gasteiger partial charge in [0.25, 0.3) is 0 Å². The Balaban J connectivity index is 0.000000562. The third-order valence-corrected chi connectivity index (χ3v) is 3.31. The summed E-state index contributed by atoms with van der Waals surface area (Å²) in [7, 11) is 0. The molecule has 2 aliphatic rings. The summed E-state index contributed by atoms with van der Waals surface area (Å²) in [6.45, 7) is 3.22. The molecule has 0 unspecified atom stereocenters. The molecule has 0 saturated heterocycles. The molecule has 1 aliphatic carbocycles.